The molecule has 4 rings (SSSR count). The third-order valence-corrected chi connectivity index (χ3v) is 11.6. The summed E-state index contributed by atoms with van der Waals surface area (Å²) in [5.74, 6) is 6.54. The van der Waals surface area contributed by atoms with Crippen LogP contribution in [0.2, 0.25) is 0 Å². The largest absolute Gasteiger partial charge is 0.462 e. The summed E-state index contributed by atoms with van der Waals surface area (Å²) in [4.78, 5) is 12.5. The van der Waals surface area contributed by atoms with Gasteiger partial charge in [0.1, 0.15) is 6.10 Å². The molecule has 4 aliphatic carbocycles. The second kappa shape index (κ2) is 13.5. The van der Waals surface area contributed by atoms with E-state index in [0.29, 0.717) is 11.8 Å². The number of fused-ring (bicyclic) bond motifs is 5. The Morgan fingerprint density at radius 3 is 2.46 bits per heavy atom. The van der Waals surface area contributed by atoms with Gasteiger partial charge in [-0.15, -0.1) is 0 Å². The van der Waals surface area contributed by atoms with Gasteiger partial charge in [0.2, 0.25) is 0 Å². The van der Waals surface area contributed by atoms with Gasteiger partial charge in [0.25, 0.3) is 0 Å². The lowest BCUT2D eigenvalue weighted by Gasteiger charge is -2.55. The molecule has 212 valence electrons. The predicted molar refractivity (Wildman–Crippen MR) is 156 cm³/mol. The van der Waals surface area contributed by atoms with Crippen molar-refractivity contribution < 1.29 is 9.53 Å². The molecular weight excluding hydrogens is 452 g/mol. The first kappa shape index (κ1) is 29.2. The quantitative estimate of drug-likeness (QED) is 0.139. The fourth-order valence-electron chi connectivity index (χ4n) is 9.49. The van der Waals surface area contributed by atoms with Crippen LogP contribution >= 0.6 is 0 Å². The van der Waals surface area contributed by atoms with Gasteiger partial charge in [-0.3, -0.25) is 4.79 Å². The van der Waals surface area contributed by atoms with Crippen molar-refractivity contribution in [1.82, 2.24) is 0 Å². The molecular formula is C35H60O2. The van der Waals surface area contributed by atoms with Crippen LogP contribution in [0.25, 0.3) is 0 Å². The number of allylic oxidation sites excluding steroid dienone is 1. The molecule has 4 aliphatic rings. The fraction of sp³-hybridized carbons (Fsp3) is 0.914. The molecule has 0 aromatic carbocycles. The van der Waals surface area contributed by atoms with Crippen LogP contribution in [0.1, 0.15) is 150 Å². The summed E-state index contributed by atoms with van der Waals surface area (Å²) < 4.78 is 6.03. The summed E-state index contributed by atoms with van der Waals surface area (Å²) >= 11 is 0. The summed E-state index contributed by atoms with van der Waals surface area (Å²) in [5.41, 5.74) is 2.00. The zero-order valence-corrected chi connectivity index (χ0v) is 25.2. The van der Waals surface area contributed by atoms with Crippen molar-refractivity contribution in [3.05, 3.63) is 11.6 Å². The zero-order chi connectivity index (χ0) is 26.4. The Morgan fingerprint density at radius 1 is 0.919 bits per heavy atom. The van der Waals surface area contributed by atoms with E-state index >= 15 is 0 Å². The molecule has 0 heterocycles. The Morgan fingerprint density at radius 2 is 1.68 bits per heavy atom. The van der Waals surface area contributed by atoms with Gasteiger partial charge in [-0.05, 0) is 98.2 Å². The Hall–Kier alpha value is -0.790. The van der Waals surface area contributed by atoms with E-state index in [0.717, 1.165) is 60.7 Å². The molecule has 0 bridgehead atoms. The molecule has 3 saturated carbocycles. The van der Waals surface area contributed by atoms with E-state index in [9.17, 15) is 4.79 Å². The minimum atomic E-state index is 0.0541. The van der Waals surface area contributed by atoms with Crippen molar-refractivity contribution in [3.8, 4) is 0 Å². The molecule has 0 amide bonds. The molecule has 0 aliphatic heterocycles. The third kappa shape index (κ3) is 7.05. The molecule has 2 nitrogen and oxygen atoms in total. The second-order valence-electron chi connectivity index (χ2n) is 14.5. The molecule has 3 fully saturated rings. The molecule has 0 aromatic heterocycles. The minimum absolute atomic E-state index is 0.0541. The highest BCUT2D eigenvalue weighted by Crippen LogP contribution is 2.63. The van der Waals surface area contributed by atoms with Crippen LogP contribution in [-0.4, -0.2) is 12.1 Å². The van der Waals surface area contributed by atoms with Crippen LogP contribution < -0.4 is 0 Å². The maximum Gasteiger partial charge on any atom is 0.306 e. The van der Waals surface area contributed by atoms with Gasteiger partial charge < -0.3 is 4.74 Å². The Balaban J connectivity index is 1.28. The Bertz CT molecular complexity index is 752. The monoisotopic (exact) mass is 512 g/mol. The van der Waals surface area contributed by atoms with E-state index in [4.69, 9.17) is 4.74 Å². The number of ether oxygens (including phenoxy) is 1. The maximum atomic E-state index is 12.5. The van der Waals surface area contributed by atoms with Crippen molar-refractivity contribution in [1.29, 1.82) is 0 Å². The van der Waals surface area contributed by atoms with Gasteiger partial charge in [-0.1, -0.05) is 97.6 Å². The number of hydrogen-bond donors (Lipinski definition) is 0. The molecule has 1 unspecified atom stereocenters. The average Bonchev–Trinajstić information content (AvgIpc) is 3.31. The van der Waals surface area contributed by atoms with Crippen molar-refractivity contribution >= 4 is 5.97 Å². The molecule has 0 spiro atoms. The van der Waals surface area contributed by atoms with Crippen LogP contribution in [0.5, 0.6) is 0 Å². The minimum Gasteiger partial charge on any atom is -0.462 e. The topological polar surface area (TPSA) is 26.3 Å². The Labute approximate surface area is 230 Å². The first-order valence-corrected chi connectivity index (χ1v) is 16.7. The maximum absolute atomic E-state index is 12.5. The zero-order valence-electron chi connectivity index (χ0n) is 25.2. The van der Waals surface area contributed by atoms with Gasteiger partial charge in [-0.2, -0.15) is 0 Å². The van der Waals surface area contributed by atoms with Crippen molar-refractivity contribution in [2.24, 2.45) is 46.8 Å². The summed E-state index contributed by atoms with van der Waals surface area (Å²) in [6.45, 7) is 12.2. The first-order chi connectivity index (χ1) is 17.8. The molecule has 0 N–H and O–H groups in total. The normalized spacial score (nSPS) is 35.9. The van der Waals surface area contributed by atoms with Crippen molar-refractivity contribution in [2.45, 2.75) is 156 Å². The van der Waals surface area contributed by atoms with Crippen LogP contribution in [-0.2, 0) is 9.53 Å². The molecule has 0 saturated heterocycles. The number of rotatable bonds is 13. The van der Waals surface area contributed by atoms with E-state index < -0.39 is 0 Å². The lowest BCUT2D eigenvalue weighted by molar-refractivity contribution is -0.151. The number of carbonyl (C=O) groups excluding carboxylic acids is 1. The fourth-order valence-corrected chi connectivity index (χ4v) is 9.49. The highest BCUT2D eigenvalue weighted by molar-refractivity contribution is 5.69. The first-order valence-electron chi connectivity index (χ1n) is 16.7. The number of esters is 1. The standard InChI is InChI=1S/C35H60O2/c1-6-7-8-9-10-11-15-34(36)37-28-22-23-35(5)27(24-28)16-17-32-31-19-18-29(30(31)20-21-33(32)35)26(4)14-12-13-25(2)3/h16,25-26,28-33H,6-15,17-24H2,1-5H3/t26-,28+,29-,30?,31+,32+,33-,35+/m1/s1. The predicted octanol–water partition coefficient (Wildman–Crippen LogP) is 10.3. The molecule has 0 aromatic rings. The van der Waals surface area contributed by atoms with E-state index in [1.54, 1.807) is 5.57 Å². The summed E-state index contributed by atoms with van der Waals surface area (Å²) in [6, 6.07) is 0. The van der Waals surface area contributed by atoms with E-state index in [-0.39, 0.29) is 12.1 Å². The van der Waals surface area contributed by atoms with Crippen LogP contribution in [0.4, 0.5) is 0 Å². The Kier molecular flexibility index (Phi) is 10.7. The summed E-state index contributed by atoms with van der Waals surface area (Å²) in [7, 11) is 0. The number of carbonyl (C=O) groups is 1. The molecule has 0 radical (unpaired) electrons. The third-order valence-electron chi connectivity index (χ3n) is 11.6. The lowest BCUT2D eigenvalue weighted by atomic mass is 9.50. The van der Waals surface area contributed by atoms with Crippen LogP contribution in [0.3, 0.4) is 0 Å². The van der Waals surface area contributed by atoms with E-state index in [1.165, 1.54) is 89.9 Å². The highest BCUT2D eigenvalue weighted by atomic mass is 16.5. The smallest absolute Gasteiger partial charge is 0.306 e. The van der Waals surface area contributed by atoms with Crippen LogP contribution in [0.15, 0.2) is 11.6 Å². The number of hydrogen-bond acceptors (Lipinski definition) is 2. The van der Waals surface area contributed by atoms with Crippen molar-refractivity contribution in [3.63, 3.8) is 0 Å². The van der Waals surface area contributed by atoms with E-state index in [1.807, 2.05) is 0 Å². The van der Waals surface area contributed by atoms with E-state index in [2.05, 4.69) is 40.7 Å². The number of unbranched alkanes of at least 4 members (excludes halogenated alkanes) is 5. The molecule has 2 heteroatoms. The van der Waals surface area contributed by atoms with Gasteiger partial charge in [-0.25, -0.2) is 0 Å². The van der Waals surface area contributed by atoms with Crippen molar-refractivity contribution in [2.75, 3.05) is 0 Å². The van der Waals surface area contributed by atoms with Gasteiger partial charge in [0.05, 0.1) is 0 Å². The SMILES string of the molecule is CCCCCCCCC(=O)O[C@H]1CC[C@@]2(C)C(=CC[C@@H]3[C@H]2CCC2[C@@H]3CC[C@@H]2[C@H](C)CCCC(C)C)C1. The van der Waals surface area contributed by atoms with Crippen LogP contribution in [0, 0.1) is 46.8 Å². The van der Waals surface area contributed by atoms with Gasteiger partial charge in [0, 0.05) is 12.8 Å². The molecule has 37 heavy (non-hydrogen) atoms. The lowest BCUT2D eigenvalue weighted by Crippen LogP contribution is -2.48. The summed E-state index contributed by atoms with van der Waals surface area (Å²) in [5, 5.41) is 0. The molecule has 8 atom stereocenters. The average molecular weight is 513 g/mol. The summed E-state index contributed by atoms with van der Waals surface area (Å²) in [6.07, 6.45) is 25.5. The highest BCUT2D eigenvalue weighted by Gasteiger charge is 2.54. The second-order valence-corrected chi connectivity index (χ2v) is 14.5. The van der Waals surface area contributed by atoms with Gasteiger partial charge >= 0.3 is 5.97 Å². The van der Waals surface area contributed by atoms with Gasteiger partial charge in [0.15, 0.2) is 0 Å².